The van der Waals surface area contributed by atoms with Gasteiger partial charge in [0, 0.05) is 78.9 Å². The third-order valence-electron chi connectivity index (χ3n) is 7.35. The van der Waals surface area contributed by atoms with Gasteiger partial charge in [-0.15, -0.1) is 11.3 Å². The number of piperazine rings is 1. The molecule has 2 saturated heterocycles. The number of amides is 2. The number of aromatic amines is 1. The summed E-state index contributed by atoms with van der Waals surface area (Å²) < 4.78 is 39.5. The van der Waals surface area contributed by atoms with Crippen molar-refractivity contribution in [3.05, 3.63) is 76.4 Å². The Kier molecular flexibility index (Phi) is 6.19. The molecule has 0 bridgehead atoms. The predicted octanol–water partition coefficient (Wildman–Crippen LogP) is 4.59. The molecule has 0 unspecified atom stereocenters. The van der Waals surface area contributed by atoms with Crippen molar-refractivity contribution in [3.8, 4) is 11.1 Å². The van der Waals surface area contributed by atoms with Crippen LogP contribution in [-0.2, 0) is 6.18 Å². The summed E-state index contributed by atoms with van der Waals surface area (Å²) in [6.45, 7) is 4.04. The first-order valence-corrected chi connectivity index (χ1v) is 13.2. The van der Waals surface area contributed by atoms with Crippen LogP contribution in [0.25, 0.3) is 22.0 Å². The number of hydrogen-bond donors (Lipinski definition) is 1. The molecular weight excluding hydrogens is 515 g/mol. The first-order chi connectivity index (χ1) is 18.3. The molecule has 196 valence electrons. The standard InChI is InChI=1S/C27H24F3N5O2S/c28-27(29,30)19-3-1-2-17(10-19)22-12-31-23-11-18(4-5-21(22)23)25(36)35-13-20(14-35)33-6-8-34(9-7-33)26(37)24-15-38-16-32-24/h1-5,10-12,15-16,20,31H,6-9,13-14H2. The number of nitrogens with one attached hydrogen (secondary N) is 1. The van der Waals surface area contributed by atoms with Crippen molar-refractivity contribution in [3.63, 3.8) is 0 Å². The number of halogens is 3. The quantitative estimate of drug-likeness (QED) is 0.412. The summed E-state index contributed by atoms with van der Waals surface area (Å²) in [5, 5.41) is 2.52. The summed E-state index contributed by atoms with van der Waals surface area (Å²) in [4.78, 5) is 38.8. The topological polar surface area (TPSA) is 72.5 Å². The zero-order valence-corrected chi connectivity index (χ0v) is 21.1. The molecule has 4 aromatic rings. The number of benzene rings is 2. The Bertz CT molecular complexity index is 1490. The lowest BCUT2D eigenvalue weighted by atomic mass is 10.00. The molecule has 2 aromatic carbocycles. The van der Waals surface area contributed by atoms with E-state index in [4.69, 9.17) is 0 Å². The number of alkyl halides is 3. The third kappa shape index (κ3) is 4.56. The number of hydrogen-bond acceptors (Lipinski definition) is 5. The van der Waals surface area contributed by atoms with E-state index in [1.807, 2.05) is 4.90 Å². The van der Waals surface area contributed by atoms with Gasteiger partial charge in [-0.1, -0.05) is 18.2 Å². The minimum Gasteiger partial charge on any atom is -0.361 e. The number of thiazole rings is 1. The van der Waals surface area contributed by atoms with Crippen molar-refractivity contribution in [1.29, 1.82) is 0 Å². The average molecular weight is 540 g/mol. The lowest BCUT2D eigenvalue weighted by molar-refractivity contribution is -0.137. The maximum atomic E-state index is 13.2. The van der Waals surface area contributed by atoms with Gasteiger partial charge in [0.15, 0.2) is 0 Å². The second-order valence-corrected chi connectivity index (χ2v) is 10.3. The number of carbonyl (C=O) groups excluding carboxylic acids is 2. The molecule has 2 aliphatic rings. The molecule has 1 N–H and O–H groups in total. The second-order valence-electron chi connectivity index (χ2n) is 9.61. The van der Waals surface area contributed by atoms with Crippen molar-refractivity contribution in [1.82, 2.24) is 24.7 Å². The zero-order chi connectivity index (χ0) is 26.4. The van der Waals surface area contributed by atoms with Crippen molar-refractivity contribution in [2.75, 3.05) is 39.3 Å². The highest BCUT2D eigenvalue weighted by molar-refractivity contribution is 7.07. The van der Waals surface area contributed by atoms with Crippen LogP contribution in [0, 0.1) is 0 Å². The van der Waals surface area contributed by atoms with Crippen molar-refractivity contribution in [2.24, 2.45) is 0 Å². The number of rotatable bonds is 4. The fourth-order valence-electron chi connectivity index (χ4n) is 5.17. The monoisotopic (exact) mass is 539 g/mol. The maximum Gasteiger partial charge on any atom is 0.416 e. The molecule has 0 radical (unpaired) electrons. The number of H-pyrrole nitrogens is 1. The van der Waals surface area contributed by atoms with Crippen LogP contribution in [0.5, 0.6) is 0 Å². The molecule has 11 heteroatoms. The minimum absolute atomic E-state index is 0.0350. The molecule has 0 spiro atoms. The molecule has 0 saturated carbocycles. The zero-order valence-electron chi connectivity index (χ0n) is 20.2. The Morgan fingerprint density at radius 1 is 0.974 bits per heavy atom. The highest BCUT2D eigenvalue weighted by Gasteiger charge is 2.37. The Labute approximate surface area is 220 Å². The number of nitrogens with zero attached hydrogens (tertiary/aromatic N) is 4. The van der Waals surface area contributed by atoms with Crippen molar-refractivity contribution < 1.29 is 22.8 Å². The normalized spacial score (nSPS) is 17.1. The Hall–Kier alpha value is -3.70. The first-order valence-electron chi connectivity index (χ1n) is 12.3. The van der Waals surface area contributed by atoms with E-state index in [2.05, 4.69) is 14.9 Å². The van der Waals surface area contributed by atoms with Crippen LogP contribution in [0.2, 0.25) is 0 Å². The molecule has 2 fully saturated rings. The summed E-state index contributed by atoms with van der Waals surface area (Å²) in [5.74, 6) is -0.108. The molecule has 4 heterocycles. The number of likely N-dealkylation sites (tertiary alicyclic amines) is 1. The fourth-order valence-corrected chi connectivity index (χ4v) is 5.69. The van der Waals surface area contributed by atoms with Gasteiger partial charge in [0.05, 0.1) is 11.1 Å². The van der Waals surface area contributed by atoms with E-state index in [-0.39, 0.29) is 17.9 Å². The van der Waals surface area contributed by atoms with Gasteiger partial charge in [0.25, 0.3) is 11.8 Å². The van der Waals surface area contributed by atoms with E-state index in [1.165, 1.54) is 17.4 Å². The minimum atomic E-state index is -4.41. The summed E-state index contributed by atoms with van der Waals surface area (Å²) in [6, 6.07) is 10.8. The third-order valence-corrected chi connectivity index (χ3v) is 7.93. The van der Waals surface area contributed by atoms with Crippen LogP contribution in [-0.4, -0.2) is 81.8 Å². The summed E-state index contributed by atoms with van der Waals surface area (Å²) in [7, 11) is 0. The maximum absolute atomic E-state index is 13.2. The molecule has 0 aliphatic carbocycles. The highest BCUT2D eigenvalue weighted by Crippen LogP contribution is 2.35. The molecule has 7 nitrogen and oxygen atoms in total. The lowest BCUT2D eigenvalue weighted by Gasteiger charge is -2.48. The highest BCUT2D eigenvalue weighted by atomic mass is 32.1. The van der Waals surface area contributed by atoms with Gasteiger partial charge >= 0.3 is 6.18 Å². The molecule has 2 aromatic heterocycles. The van der Waals surface area contributed by atoms with Crippen LogP contribution < -0.4 is 0 Å². The van der Waals surface area contributed by atoms with Crippen molar-refractivity contribution >= 4 is 34.1 Å². The fraction of sp³-hybridized carbons (Fsp3) is 0.296. The summed E-state index contributed by atoms with van der Waals surface area (Å²) >= 11 is 1.41. The van der Waals surface area contributed by atoms with Crippen LogP contribution in [0.4, 0.5) is 13.2 Å². The molecule has 38 heavy (non-hydrogen) atoms. The molecule has 2 amide bonds. The van der Waals surface area contributed by atoms with E-state index in [0.29, 0.717) is 54.1 Å². The van der Waals surface area contributed by atoms with Gasteiger partial charge in [-0.05, 0) is 29.8 Å². The second kappa shape index (κ2) is 9.55. The van der Waals surface area contributed by atoms with Gasteiger partial charge in [0.1, 0.15) is 5.69 Å². The van der Waals surface area contributed by atoms with E-state index < -0.39 is 11.7 Å². The van der Waals surface area contributed by atoms with Crippen LogP contribution in [0.3, 0.4) is 0 Å². The largest absolute Gasteiger partial charge is 0.416 e. The Morgan fingerprint density at radius 3 is 2.47 bits per heavy atom. The first kappa shape index (κ1) is 24.6. The van der Waals surface area contributed by atoms with E-state index in [1.54, 1.807) is 46.3 Å². The smallest absolute Gasteiger partial charge is 0.361 e. The molecule has 6 rings (SSSR count). The van der Waals surface area contributed by atoms with E-state index in [0.717, 1.165) is 30.6 Å². The summed E-state index contributed by atoms with van der Waals surface area (Å²) in [5.41, 5.74) is 3.80. The number of fused-ring (bicyclic) bond motifs is 1. The van der Waals surface area contributed by atoms with Gasteiger partial charge in [-0.2, -0.15) is 13.2 Å². The Balaban J connectivity index is 1.08. The van der Waals surface area contributed by atoms with E-state index >= 15 is 0 Å². The van der Waals surface area contributed by atoms with Crippen LogP contribution in [0.1, 0.15) is 26.4 Å². The Morgan fingerprint density at radius 2 is 1.76 bits per heavy atom. The molecular formula is C27H24F3N5O2S. The van der Waals surface area contributed by atoms with Crippen molar-refractivity contribution in [2.45, 2.75) is 12.2 Å². The van der Waals surface area contributed by atoms with Gasteiger partial charge in [-0.25, -0.2) is 4.98 Å². The summed E-state index contributed by atoms with van der Waals surface area (Å²) in [6.07, 6.45) is -2.74. The average Bonchev–Trinajstić information content (AvgIpc) is 3.57. The molecule has 0 atom stereocenters. The lowest BCUT2D eigenvalue weighted by Crippen LogP contribution is -2.64. The van der Waals surface area contributed by atoms with E-state index in [9.17, 15) is 22.8 Å². The van der Waals surface area contributed by atoms with Gasteiger partial charge < -0.3 is 14.8 Å². The van der Waals surface area contributed by atoms with Gasteiger partial charge in [0.2, 0.25) is 0 Å². The van der Waals surface area contributed by atoms with Crippen LogP contribution in [0.15, 0.2) is 59.6 Å². The number of carbonyl (C=O) groups is 2. The number of aromatic nitrogens is 2. The SMILES string of the molecule is O=C(c1ccc2c(-c3cccc(C(F)(F)F)c3)c[nH]c2c1)N1CC(N2CCN(C(=O)c3cscn3)CC2)C1. The van der Waals surface area contributed by atoms with Crippen LogP contribution >= 0.6 is 11.3 Å². The van der Waals surface area contributed by atoms with Gasteiger partial charge in [-0.3, -0.25) is 14.5 Å². The predicted molar refractivity (Wildman–Crippen MR) is 138 cm³/mol. The molecule has 2 aliphatic heterocycles.